The first-order chi connectivity index (χ1) is 16.1. The first-order valence-electron chi connectivity index (χ1n) is 9.79. The van der Waals surface area contributed by atoms with E-state index in [9.17, 15) is 26.4 Å². The van der Waals surface area contributed by atoms with Crippen LogP contribution in [-0.2, 0) is 16.2 Å². The SMILES string of the molecule is C=CCN(c1cccc(C(F)(F)F)c1)S(=O)(=O)c1cccc(C(=O)Nc2cccnc2OC)c1. The molecular weight excluding hydrogens is 471 g/mol. The van der Waals surface area contributed by atoms with Crippen molar-refractivity contribution in [3.05, 3.63) is 90.6 Å². The number of aromatic nitrogens is 1. The number of benzene rings is 2. The van der Waals surface area contributed by atoms with Crippen molar-refractivity contribution in [1.29, 1.82) is 0 Å². The molecular formula is C23H20F3N3O4S. The molecule has 0 aliphatic rings. The molecule has 1 N–H and O–H groups in total. The summed E-state index contributed by atoms with van der Waals surface area (Å²) in [4.78, 5) is 16.4. The third kappa shape index (κ3) is 5.37. The zero-order valence-electron chi connectivity index (χ0n) is 17.9. The second-order valence-electron chi connectivity index (χ2n) is 6.92. The normalized spacial score (nSPS) is 11.5. The van der Waals surface area contributed by atoms with Gasteiger partial charge in [-0.05, 0) is 48.5 Å². The molecule has 1 aromatic heterocycles. The summed E-state index contributed by atoms with van der Waals surface area (Å²) in [7, 11) is -2.96. The van der Waals surface area contributed by atoms with Crippen molar-refractivity contribution in [3.63, 3.8) is 0 Å². The molecule has 0 saturated carbocycles. The molecule has 0 bridgehead atoms. The van der Waals surface area contributed by atoms with Gasteiger partial charge in [-0.2, -0.15) is 13.2 Å². The molecule has 34 heavy (non-hydrogen) atoms. The average Bonchev–Trinajstić information content (AvgIpc) is 2.82. The lowest BCUT2D eigenvalue weighted by molar-refractivity contribution is -0.137. The number of amides is 1. The minimum Gasteiger partial charge on any atom is -0.480 e. The monoisotopic (exact) mass is 491 g/mol. The van der Waals surface area contributed by atoms with Gasteiger partial charge in [0.25, 0.3) is 15.9 Å². The van der Waals surface area contributed by atoms with Crippen LogP contribution in [0.15, 0.2) is 84.4 Å². The van der Waals surface area contributed by atoms with E-state index in [0.29, 0.717) is 0 Å². The molecule has 1 heterocycles. The quantitative estimate of drug-likeness (QED) is 0.460. The molecule has 7 nitrogen and oxygen atoms in total. The Morgan fingerprint density at radius 1 is 1.15 bits per heavy atom. The first-order valence-corrected chi connectivity index (χ1v) is 11.2. The Bertz CT molecular complexity index is 1310. The van der Waals surface area contributed by atoms with Gasteiger partial charge < -0.3 is 10.1 Å². The minimum absolute atomic E-state index is 0.00887. The third-order valence-electron chi connectivity index (χ3n) is 4.65. The number of nitrogens with zero attached hydrogens (tertiary/aromatic N) is 2. The number of alkyl halides is 3. The van der Waals surface area contributed by atoms with Crippen LogP contribution in [0.3, 0.4) is 0 Å². The predicted molar refractivity (Wildman–Crippen MR) is 121 cm³/mol. The summed E-state index contributed by atoms with van der Waals surface area (Å²) in [5.74, 6) is -0.459. The Balaban J connectivity index is 1.97. The summed E-state index contributed by atoms with van der Waals surface area (Å²) >= 11 is 0. The van der Waals surface area contributed by atoms with E-state index in [-0.39, 0.29) is 34.3 Å². The summed E-state index contributed by atoms with van der Waals surface area (Å²) in [5.41, 5.74) is -0.896. The van der Waals surface area contributed by atoms with Gasteiger partial charge in [-0.25, -0.2) is 13.4 Å². The van der Waals surface area contributed by atoms with Crippen LogP contribution in [0.1, 0.15) is 15.9 Å². The van der Waals surface area contributed by atoms with Crippen LogP contribution in [0.4, 0.5) is 24.5 Å². The Kier molecular flexibility index (Phi) is 7.26. The lowest BCUT2D eigenvalue weighted by atomic mass is 10.2. The summed E-state index contributed by atoms with van der Waals surface area (Å²) in [6.45, 7) is 3.22. The maximum absolute atomic E-state index is 13.4. The first kappa shape index (κ1) is 24.8. The maximum Gasteiger partial charge on any atom is 0.416 e. The van der Waals surface area contributed by atoms with Crippen molar-refractivity contribution in [1.82, 2.24) is 4.98 Å². The molecule has 0 fully saturated rings. The number of rotatable bonds is 8. The van der Waals surface area contributed by atoms with Crippen molar-refractivity contribution >= 4 is 27.3 Å². The summed E-state index contributed by atoms with van der Waals surface area (Å²) in [6, 6.07) is 12.3. The fraction of sp³-hybridized carbons (Fsp3) is 0.130. The van der Waals surface area contributed by atoms with Crippen molar-refractivity contribution in [2.24, 2.45) is 0 Å². The molecule has 11 heteroatoms. The standard InChI is InChI=1S/C23H20F3N3O4S/c1-3-13-29(18-9-5-8-17(15-18)23(24,25)26)34(31,32)19-10-4-7-16(14-19)21(30)28-20-11-6-12-27-22(20)33-2/h3-12,14-15H,1,13H2,2H3,(H,28,30). The molecule has 0 aliphatic heterocycles. The topological polar surface area (TPSA) is 88.6 Å². The fourth-order valence-corrected chi connectivity index (χ4v) is 4.54. The largest absolute Gasteiger partial charge is 0.480 e. The van der Waals surface area contributed by atoms with Gasteiger partial charge in [-0.3, -0.25) is 9.10 Å². The molecule has 0 aliphatic carbocycles. The van der Waals surface area contributed by atoms with Crippen LogP contribution < -0.4 is 14.4 Å². The van der Waals surface area contributed by atoms with E-state index in [1.54, 1.807) is 12.1 Å². The summed E-state index contributed by atoms with van der Waals surface area (Å²) < 4.78 is 72.1. The van der Waals surface area contributed by atoms with Gasteiger partial charge in [-0.15, -0.1) is 6.58 Å². The summed E-state index contributed by atoms with van der Waals surface area (Å²) in [6.07, 6.45) is -1.92. The highest BCUT2D eigenvalue weighted by Gasteiger charge is 2.32. The van der Waals surface area contributed by atoms with E-state index in [1.165, 1.54) is 43.6 Å². The molecule has 0 spiro atoms. The molecule has 0 saturated heterocycles. The van der Waals surface area contributed by atoms with Crippen LogP contribution >= 0.6 is 0 Å². The average molecular weight is 491 g/mol. The molecule has 1 amide bonds. The van der Waals surface area contributed by atoms with Crippen molar-refractivity contribution in [2.75, 3.05) is 23.3 Å². The van der Waals surface area contributed by atoms with Gasteiger partial charge in [0.05, 0.1) is 29.8 Å². The number of pyridine rings is 1. The van der Waals surface area contributed by atoms with Gasteiger partial charge >= 0.3 is 6.18 Å². The smallest absolute Gasteiger partial charge is 0.416 e. The Hall–Kier alpha value is -3.86. The van der Waals surface area contributed by atoms with E-state index >= 15 is 0 Å². The highest BCUT2D eigenvalue weighted by atomic mass is 32.2. The molecule has 178 valence electrons. The number of hydrogen-bond donors (Lipinski definition) is 1. The molecule has 3 aromatic rings. The minimum atomic E-state index is -4.65. The lowest BCUT2D eigenvalue weighted by Gasteiger charge is -2.24. The highest BCUT2D eigenvalue weighted by Crippen LogP contribution is 2.33. The van der Waals surface area contributed by atoms with Crippen LogP contribution in [0.2, 0.25) is 0 Å². The van der Waals surface area contributed by atoms with Crippen molar-refractivity contribution < 1.29 is 31.1 Å². The van der Waals surface area contributed by atoms with E-state index in [1.807, 2.05) is 0 Å². The van der Waals surface area contributed by atoms with Gasteiger partial charge in [0.2, 0.25) is 5.88 Å². The Labute approximate surface area is 194 Å². The van der Waals surface area contributed by atoms with Gasteiger partial charge in [0.15, 0.2) is 0 Å². The summed E-state index contributed by atoms with van der Waals surface area (Å²) in [5, 5.41) is 2.59. The Morgan fingerprint density at radius 2 is 1.88 bits per heavy atom. The van der Waals surface area contributed by atoms with Crippen LogP contribution in [0, 0.1) is 0 Å². The Morgan fingerprint density at radius 3 is 2.56 bits per heavy atom. The number of carbonyl (C=O) groups excluding carboxylic acids is 1. The number of hydrogen-bond acceptors (Lipinski definition) is 5. The number of nitrogens with one attached hydrogen (secondary N) is 1. The van der Waals surface area contributed by atoms with Crippen LogP contribution in [0.5, 0.6) is 5.88 Å². The molecule has 0 atom stereocenters. The number of ether oxygens (including phenoxy) is 1. The highest BCUT2D eigenvalue weighted by molar-refractivity contribution is 7.92. The number of carbonyl (C=O) groups is 1. The van der Waals surface area contributed by atoms with E-state index in [4.69, 9.17) is 4.74 Å². The molecule has 2 aromatic carbocycles. The van der Waals surface area contributed by atoms with Crippen LogP contribution in [0.25, 0.3) is 0 Å². The van der Waals surface area contributed by atoms with Crippen LogP contribution in [-0.4, -0.2) is 33.0 Å². The van der Waals surface area contributed by atoms with Crippen molar-refractivity contribution in [3.8, 4) is 5.88 Å². The van der Waals surface area contributed by atoms with Crippen molar-refractivity contribution in [2.45, 2.75) is 11.1 Å². The number of halogens is 3. The fourth-order valence-electron chi connectivity index (χ4n) is 3.07. The van der Waals surface area contributed by atoms with Gasteiger partial charge in [0.1, 0.15) is 5.69 Å². The van der Waals surface area contributed by atoms with Gasteiger partial charge in [0, 0.05) is 11.8 Å². The second kappa shape index (κ2) is 9.96. The third-order valence-corrected chi connectivity index (χ3v) is 6.44. The van der Waals surface area contributed by atoms with Gasteiger partial charge in [-0.1, -0.05) is 18.2 Å². The number of methoxy groups -OCH3 is 1. The van der Waals surface area contributed by atoms with E-state index < -0.39 is 27.7 Å². The zero-order chi connectivity index (χ0) is 24.9. The zero-order valence-corrected chi connectivity index (χ0v) is 18.7. The predicted octanol–water partition coefficient (Wildman–Crippen LogP) is 4.74. The van der Waals surface area contributed by atoms with E-state index in [0.717, 1.165) is 28.6 Å². The van der Waals surface area contributed by atoms with E-state index in [2.05, 4.69) is 16.9 Å². The second-order valence-corrected chi connectivity index (χ2v) is 8.78. The maximum atomic E-state index is 13.4. The lowest BCUT2D eigenvalue weighted by Crippen LogP contribution is -2.31. The number of anilines is 2. The molecule has 3 rings (SSSR count). The molecule has 0 radical (unpaired) electrons. The number of sulfonamides is 1. The molecule has 0 unspecified atom stereocenters.